The van der Waals surface area contributed by atoms with E-state index in [1.54, 1.807) is 5.57 Å². The monoisotopic (exact) mass is 162 g/mol. The Kier molecular flexibility index (Phi) is 2.91. The first-order chi connectivity index (χ1) is 5.66. The highest BCUT2D eigenvalue weighted by molar-refractivity contribution is 5.45. The summed E-state index contributed by atoms with van der Waals surface area (Å²) >= 11 is 0. The van der Waals surface area contributed by atoms with E-state index in [0.29, 0.717) is 5.92 Å². The molecule has 12 heavy (non-hydrogen) atoms. The Morgan fingerprint density at radius 3 is 2.58 bits per heavy atom. The largest absolute Gasteiger partial charge is 0.0915 e. The van der Waals surface area contributed by atoms with Crippen molar-refractivity contribution in [3.63, 3.8) is 0 Å². The molecule has 0 saturated carbocycles. The number of hydrogen-bond donors (Lipinski definition) is 0. The maximum absolute atomic E-state index is 4.07. The Bertz CT molecular complexity index is 239. The lowest BCUT2D eigenvalue weighted by molar-refractivity contribution is 0.751. The normalized spacial score (nSPS) is 17.8. The summed E-state index contributed by atoms with van der Waals surface area (Å²) in [4.78, 5) is 0. The van der Waals surface area contributed by atoms with E-state index >= 15 is 0 Å². The van der Waals surface area contributed by atoms with E-state index in [9.17, 15) is 0 Å². The molecule has 0 spiro atoms. The summed E-state index contributed by atoms with van der Waals surface area (Å²) in [5.41, 5.74) is 4.27. The summed E-state index contributed by atoms with van der Waals surface area (Å²) in [6.45, 7) is 10.8. The molecule has 1 aliphatic carbocycles. The van der Waals surface area contributed by atoms with Crippen LogP contribution in [0.4, 0.5) is 0 Å². The van der Waals surface area contributed by atoms with Crippen LogP contribution >= 0.6 is 0 Å². The van der Waals surface area contributed by atoms with Gasteiger partial charge in [-0.1, -0.05) is 45.1 Å². The Morgan fingerprint density at radius 2 is 2.17 bits per heavy atom. The van der Waals surface area contributed by atoms with Crippen LogP contribution in [-0.2, 0) is 0 Å². The highest BCUT2D eigenvalue weighted by Gasteiger charge is 2.13. The molecule has 0 aromatic rings. The highest BCUT2D eigenvalue weighted by atomic mass is 14.2. The molecule has 0 aliphatic heterocycles. The van der Waals surface area contributed by atoms with E-state index < -0.39 is 0 Å². The van der Waals surface area contributed by atoms with E-state index in [-0.39, 0.29) is 0 Å². The molecule has 0 heteroatoms. The van der Waals surface area contributed by atoms with Crippen LogP contribution in [0.2, 0.25) is 0 Å². The van der Waals surface area contributed by atoms with Crippen molar-refractivity contribution in [3.8, 4) is 0 Å². The second-order valence-electron chi connectivity index (χ2n) is 3.66. The van der Waals surface area contributed by atoms with Crippen molar-refractivity contribution in [1.29, 1.82) is 0 Å². The van der Waals surface area contributed by atoms with E-state index in [2.05, 4.69) is 39.5 Å². The van der Waals surface area contributed by atoms with Crippen molar-refractivity contribution in [2.75, 3.05) is 0 Å². The zero-order valence-corrected chi connectivity index (χ0v) is 8.35. The van der Waals surface area contributed by atoms with Crippen molar-refractivity contribution in [3.05, 3.63) is 35.5 Å². The summed E-state index contributed by atoms with van der Waals surface area (Å²) in [7, 11) is 0. The molecule has 0 unspecified atom stereocenters. The molecule has 0 N–H and O–H groups in total. The first-order valence-electron chi connectivity index (χ1n) is 4.74. The van der Waals surface area contributed by atoms with Gasteiger partial charge in [-0.3, -0.25) is 0 Å². The number of rotatable bonds is 2. The molecule has 0 amide bonds. The molecular formula is C12H18. The van der Waals surface area contributed by atoms with Gasteiger partial charge in [0.1, 0.15) is 0 Å². The predicted molar refractivity (Wildman–Crippen MR) is 55.1 cm³/mol. The van der Waals surface area contributed by atoms with Crippen LogP contribution in [0.25, 0.3) is 0 Å². The Hall–Kier alpha value is -0.780. The van der Waals surface area contributed by atoms with Crippen LogP contribution in [0, 0.1) is 5.92 Å². The minimum atomic E-state index is 0.623. The van der Waals surface area contributed by atoms with Gasteiger partial charge in [0.25, 0.3) is 0 Å². The average molecular weight is 162 g/mol. The molecule has 0 bridgehead atoms. The third-order valence-corrected chi connectivity index (χ3v) is 2.41. The van der Waals surface area contributed by atoms with Gasteiger partial charge in [0.05, 0.1) is 0 Å². The molecule has 0 saturated heterocycles. The predicted octanol–water partition coefficient (Wildman–Crippen LogP) is 3.87. The van der Waals surface area contributed by atoms with Gasteiger partial charge >= 0.3 is 0 Å². The summed E-state index contributed by atoms with van der Waals surface area (Å²) in [6.07, 6.45) is 6.65. The minimum absolute atomic E-state index is 0.623. The van der Waals surface area contributed by atoms with Gasteiger partial charge in [0.15, 0.2) is 0 Å². The molecule has 1 aliphatic rings. The second kappa shape index (κ2) is 3.75. The molecule has 0 heterocycles. The molecule has 1 rings (SSSR count). The Morgan fingerprint density at radius 1 is 1.50 bits per heavy atom. The molecular weight excluding hydrogens is 144 g/mol. The highest BCUT2D eigenvalue weighted by Crippen LogP contribution is 2.30. The smallest absolute Gasteiger partial charge is 0.0129 e. The van der Waals surface area contributed by atoms with Crippen molar-refractivity contribution >= 4 is 0 Å². The Labute approximate surface area is 75.7 Å². The topological polar surface area (TPSA) is 0 Å². The standard InChI is InChI=1S/C12H18/c1-5-11-8-6-7-10(4)12(11)9(2)3/h6-7,9H,4-5,8H2,1-3H3. The van der Waals surface area contributed by atoms with Crippen LogP contribution in [-0.4, -0.2) is 0 Å². The van der Waals surface area contributed by atoms with Gasteiger partial charge in [-0.15, -0.1) is 0 Å². The van der Waals surface area contributed by atoms with E-state index in [0.717, 1.165) is 12.8 Å². The summed E-state index contributed by atoms with van der Waals surface area (Å²) < 4.78 is 0. The van der Waals surface area contributed by atoms with Crippen molar-refractivity contribution in [2.45, 2.75) is 33.6 Å². The fraction of sp³-hybridized carbons (Fsp3) is 0.500. The number of allylic oxidation sites excluding steroid dienone is 5. The molecule has 0 radical (unpaired) electrons. The lowest BCUT2D eigenvalue weighted by atomic mass is 9.85. The van der Waals surface area contributed by atoms with Crippen molar-refractivity contribution in [1.82, 2.24) is 0 Å². The lowest BCUT2D eigenvalue weighted by Crippen LogP contribution is -2.03. The maximum Gasteiger partial charge on any atom is -0.0129 e. The van der Waals surface area contributed by atoms with Crippen LogP contribution in [0.3, 0.4) is 0 Å². The van der Waals surface area contributed by atoms with Gasteiger partial charge in [0, 0.05) is 0 Å². The zero-order valence-electron chi connectivity index (χ0n) is 8.35. The van der Waals surface area contributed by atoms with Crippen molar-refractivity contribution < 1.29 is 0 Å². The third-order valence-electron chi connectivity index (χ3n) is 2.41. The first-order valence-corrected chi connectivity index (χ1v) is 4.74. The SMILES string of the molecule is C=C1C=CCC(CC)=C1C(C)C. The van der Waals surface area contributed by atoms with Crippen LogP contribution < -0.4 is 0 Å². The maximum atomic E-state index is 4.07. The van der Waals surface area contributed by atoms with Gasteiger partial charge in [-0.2, -0.15) is 0 Å². The van der Waals surface area contributed by atoms with E-state index in [1.807, 2.05) is 0 Å². The summed E-state index contributed by atoms with van der Waals surface area (Å²) in [6, 6.07) is 0. The number of hydrogen-bond acceptors (Lipinski definition) is 0. The van der Waals surface area contributed by atoms with Crippen LogP contribution in [0.1, 0.15) is 33.6 Å². The fourth-order valence-electron chi connectivity index (χ4n) is 1.88. The minimum Gasteiger partial charge on any atom is -0.0915 e. The van der Waals surface area contributed by atoms with E-state index in [4.69, 9.17) is 0 Å². The summed E-state index contributed by atoms with van der Waals surface area (Å²) in [5.74, 6) is 0.623. The molecule has 66 valence electrons. The molecule has 0 aromatic heterocycles. The van der Waals surface area contributed by atoms with Crippen LogP contribution in [0.5, 0.6) is 0 Å². The van der Waals surface area contributed by atoms with E-state index in [1.165, 1.54) is 11.1 Å². The second-order valence-corrected chi connectivity index (χ2v) is 3.66. The third kappa shape index (κ3) is 1.69. The quantitative estimate of drug-likeness (QED) is 0.578. The first kappa shape index (κ1) is 9.31. The molecule has 0 aromatic carbocycles. The fourth-order valence-corrected chi connectivity index (χ4v) is 1.88. The van der Waals surface area contributed by atoms with Gasteiger partial charge in [-0.05, 0) is 29.9 Å². The zero-order chi connectivity index (χ0) is 9.14. The molecule has 0 atom stereocenters. The average Bonchev–Trinajstić information content (AvgIpc) is 2.03. The molecule has 0 fully saturated rings. The van der Waals surface area contributed by atoms with Gasteiger partial charge in [0.2, 0.25) is 0 Å². The van der Waals surface area contributed by atoms with Gasteiger partial charge in [-0.25, -0.2) is 0 Å². The van der Waals surface area contributed by atoms with Crippen molar-refractivity contribution in [2.24, 2.45) is 5.92 Å². The molecule has 0 nitrogen and oxygen atoms in total. The summed E-state index contributed by atoms with van der Waals surface area (Å²) in [5, 5.41) is 0. The van der Waals surface area contributed by atoms with Crippen LogP contribution in [0.15, 0.2) is 35.5 Å². The van der Waals surface area contributed by atoms with Gasteiger partial charge < -0.3 is 0 Å². The Balaban J connectivity index is 2.99. The lowest BCUT2D eigenvalue weighted by Gasteiger charge is -2.20.